The van der Waals surface area contributed by atoms with E-state index in [0.29, 0.717) is 19.1 Å². The van der Waals surface area contributed by atoms with Crippen LogP contribution in [0.1, 0.15) is 110 Å². The number of carbonyl (C=O) groups is 2. The second-order valence-electron chi connectivity index (χ2n) is 7.70. The summed E-state index contributed by atoms with van der Waals surface area (Å²) in [6.07, 6.45) is 20.0. The summed E-state index contributed by atoms with van der Waals surface area (Å²) in [5, 5.41) is 10.1. The Labute approximate surface area is 217 Å². The summed E-state index contributed by atoms with van der Waals surface area (Å²) >= 11 is 0. The van der Waals surface area contributed by atoms with Crippen molar-refractivity contribution in [1.82, 2.24) is 0 Å². The van der Waals surface area contributed by atoms with E-state index in [-0.39, 0.29) is 35.3 Å². The van der Waals surface area contributed by atoms with Crippen LogP contribution in [0.15, 0.2) is 12.2 Å². The van der Waals surface area contributed by atoms with E-state index in [1.165, 1.54) is 77.0 Å². The van der Waals surface area contributed by atoms with Gasteiger partial charge in [-0.3, -0.25) is 4.55 Å². The molecule has 0 rings (SSSR count). The van der Waals surface area contributed by atoms with Crippen LogP contribution in [-0.4, -0.2) is 37.3 Å². The maximum atomic E-state index is 11.1. The van der Waals surface area contributed by atoms with Gasteiger partial charge in [-0.15, -0.1) is 0 Å². The van der Waals surface area contributed by atoms with Crippen molar-refractivity contribution in [2.24, 2.45) is 0 Å². The fraction of sp³-hybridized carbons (Fsp3) is 0.826. The molecule has 7 nitrogen and oxygen atoms in total. The SMILES string of the molecule is CCCCCCCCCCCCCCCCOC(=O)C=CC(=O)[O-].CCCS(=O)(=O)O.[Na+]. The molecule has 0 saturated carbocycles. The van der Waals surface area contributed by atoms with Gasteiger partial charge in [-0.25, -0.2) is 4.79 Å². The van der Waals surface area contributed by atoms with Gasteiger partial charge in [0, 0.05) is 6.08 Å². The van der Waals surface area contributed by atoms with Gasteiger partial charge in [-0.1, -0.05) is 97.3 Å². The predicted molar refractivity (Wildman–Crippen MR) is 122 cm³/mol. The van der Waals surface area contributed by atoms with Gasteiger partial charge in [0.1, 0.15) is 0 Å². The summed E-state index contributed by atoms with van der Waals surface area (Å²) in [6.45, 7) is 4.30. The van der Waals surface area contributed by atoms with Crippen molar-refractivity contribution in [2.75, 3.05) is 12.4 Å². The molecule has 0 aliphatic carbocycles. The average Bonchev–Trinajstić information content (AvgIpc) is 2.69. The van der Waals surface area contributed by atoms with Crippen LogP contribution in [0, 0.1) is 0 Å². The zero-order valence-corrected chi connectivity index (χ0v) is 23.3. The molecule has 0 aromatic carbocycles. The zero-order valence-electron chi connectivity index (χ0n) is 20.5. The number of carboxylic acid groups (broad SMARTS) is 1. The maximum Gasteiger partial charge on any atom is 1.00 e. The standard InChI is InChI=1S/C20H36O4.C3H8O3S.Na/c1-2-3-4-5-6-7-8-9-10-11-12-13-14-15-18-24-20(23)17-16-19(21)22;1-2-3-7(4,5)6;/h16-17H,2-15,18H2,1H3,(H,21,22);2-3H2,1H3,(H,4,5,6);/q;;+1/p-1. The Bertz CT molecular complexity index is 563. The summed E-state index contributed by atoms with van der Waals surface area (Å²) < 4.78 is 32.4. The van der Waals surface area contributed by atoms with Crippen molar-refractivity contribution in [3.05, 3.63) is 12.2 Å². The summed E-state index contributed by atoms with van der Waals surface area (Å²) in [4.78, 5) is 21.2. The predicted octanol–water partition coefficient (Wildman–Crippen LogP) is 1.61. The number of unbranched alkanes of at least 4 members (excludes halogenated alkanes) is 13. The molecule has 32 heavy (non-hydrogen) atoms. The largest absolute Gasteiger partial charge is 1.00 e. The van der Waals surface area contributed by atoms with E-state index in [0.717, 1.165) is 18.9 Å². The van der Waals surface area contributed by atoms with Crippen LogP contribution in [0.4, 0.5) is 0 Å². The number of aliphatic carboxylic acids is 1. The maximum absolute atomic E-state index is 11.1. The van der Waals surface area contributed by atoms with E-state index in [2.05, 4.69) is 6.92 Å². The minimum atomic E-state index is -3.67. The Morgan fingerprint density at radius 1 is 0.750 bits per heavy atom. The van der Waals surface area contributed by atoms with Gasteiger partial charge >= 0.3 is 35.5 Å². The molecule has 0 amide bonds. The Morgan fingerprint density at radius 2 is 1.16 bits per heavy atom. The van der Waals surface area contributed by atoms with Gasteiger partial charge < -0.3 is 14.6 Å². The van der Waals surface area contributed by atoms with E-state index in [1.54, 1.807) is 6.92 Å². The molecule has 0 heterocycles. The minimum absolute atomic E-state index is 0. The summed E-state index contributed by atoms with van der Waals surface area (Å²) in [5.74, 6) is -2.13. The first-order valence-corrected chi connectivity index (χ1v) is 13.3. The molecule has 0 aliphatic rings. The average molecular weight is 487 g/mol. The summed E-state index contributed by atoms with van der Waals surface area (Å²) in [5.41, 5.74) is 0. The van der Waals surface area contributed by atoms with Crippen LogP contribution in [0.2, 0.25) is 0 Å². The Kier molecular flexibility index (Phi) is 30.3. The first kappa shape index (κ1) is 36.2. The van der Waals surface area contributed by atoms with E-state index >= 15 is 0 Å². The topological polar surface area (TPSA) is 121 Å². The fourth-order valence-corrected chi connectivity index (χ4v) is 3.43. The van der Waals surface area contributed by atoms with Crippen LogP contribution < -0.4 is 34.7 Å². The molecule has 0 aromatic heterocycles. The molecule has 0 saturated heterocycles. The van der Waals surface area contributed by atoms with Crippen LogP contribution in [0.25, 0.3) is 0 Å². The molecule has 0 radical (unpaired) electrons. The minimum Gasteiger partial charge on any atom is -0.545 e. The molecular formula is C23H43NaO7S. The molecule has 184 valence electrons. The molecule has 9 heteroatoms. The van der Waals surface area contributed by atoms with Gasteiger partial charge in [-0.05, 0) is 18.9 Å². The van der Waals surface area contributed by atoms with Crippen LogP contribution in [-0.2, 0) is 24.4 Å². The smallest absolute Gasteiger partial charge is 0.545 e. The van der Waals surface area contributed by atoms with Crippen LogP contribution in [0.3, 0.4) is 0 Å². The Balaban J connectivity index is -0.000000903. The van der Waals surface area contributed by atoms with Crippen LogP contribution >= 0.6 is 0 Å². The molecule has 0 aliphatic heterocycles. The number of rotatable bonds is 19. The Hall–Kier alpha value is -0.410. The number of hydrogen-bond donors (Lipinski definition) is 1. The van der Waals surface area contributed by atoms with E-state index in [4.69, 9.17) is 9.29 Å². The normalized spacial score (nSPS) is 10.8. The number of carboxylic acids is 1. The monoisotopic (exact) mass is 486 g/mol. The third-order valence-electron chi connectivity index (χ3n) is 4.56. The first-order valence-electron chi connectivity index (χ1n) is 11.7. The second-order valence-corrected chi connectivity index (χ2v) is 9.27. The number of hydrogen-bond acceptors (Lipinski definition) is 6. The second kappa shape index (κ2) is 26.8. The molecule has 0 bridgehead atoms. The van der Waals surface area contributed by atoms with E-state index < -0.39 is 22.1 Å². The van der Waals surface area contributed by atoms with Crippen molar-refractivity contribution in [3.8, 4) is 0 Å². The molecule has 0 aromatic rings. The van der Waals surface area contributed by atoms with E-state index in [1.807, 2.05) is 0 Å². The van der Waals surface area contributed by atoms with Gasteiger partial charge in [-0.2, -0.15) is 8.42 Å². The first-order chi connectivity index (χ1) is 14.7. The number of esters is 1. The molecule has 0 atom stereocenters. The van der Waals surface area contributed by atoms with Crippen molar-refractivity contribution in [3.63, 3.8) is 0 Å². The quantitative estimate of drug-likeness (QED) is 0.0968. The van der Waals surface area contributed by atoms with Crippen molar-refractivity contribution in [1.29, 1.82) is 0 Å². The summed E-state index contributed by atoms with van der Waals surface area (Å²) in [7, 11) is -3.67. The van der Waals surface area contributed by atoms with Gasteiger partial charge in [0.15, 0.2) is 0 Å². The molecule has 0 spiro atoms. The summed E-state index contributed by atoms with van der Waals surface area (Å²) in [6, 6.07) is 0. The molecule has 0 unspecified atom stereocenters. The third-order valence-corrected chi connectivity index (χ3v) is 5.48. The molecular weight excluding hydrogens is 443 g/mol. The number of ether oxygens (including phenoxy) is 1. The Morgan fingerprint density at radius 3 is 1.47 bits per heavy atom. The van der Waals surface area contributed by atoms with Gasteiger partial charge in [0.05, 0.1) is 18.3 Å². The van der Waals surface area contributed by atoms with Crippen molar-refractivity contribution in [2.45, 2.75) is 110 Å². The van der Waals surface area contributed by atoms with E-state index in [9.17, 15) is 23.1 Å². The zero-order chi connectivity index (χ0) is 23.8. The van der Waals surface area contributed by atoms with Crippen molar-refractivity contribution >= 4 is 22.1 Å². The van der Waals surface area contributed by atoms with Crippen molar-refractivity contribution < 1.29 is 62.0 Å². The van der Waals surface area contributed by atoms with Gasteiger partial charge in [0.2, 0.25) is 0 Å². The van der Waals surface area contributed by atoms with Gasteiger partial charge in [0.25, 0.3) is 10.1 Å². The number of carbonyl (C=O) groups excluding carboxylic acids is 2. The van der Waals surface area contributed by atoms with Crippen LogP contribution in [0.5, 0.6) is 0 Å². The molecule has 1 N–H and O–H groups in total. The fourth-order valence-electron chi connectivity index (χ4n) is 2.91. The molecule has 0 fully saturated rings. The third kappa shape index (κ3) is 36.9.